The second-order valence-electron chi connectivity index (χ2n) is 4.18. The molecule has 0 saturated carbocycles. The van der Waals surface area contributed by atoms with Crippen LogP contribution in [-0.2, 0) is 11.3 Å². The SMILES string of the molecule is N#CCCCN(CC(N)=O)Cc1cccc(N)c1. The third-order valence-corrected chi connectivity index (χ3v) is 2.50. The highest BCUT2D eigenvalue weighted by Crippen LogP contribution is 2.10. The largest absolute Gasteiger partial charge is 0.399 e. The van der Waals surface area contributed by atoms with Crippen molar-refractivity contribution in [2.45, 2.75) is 19.4 Å². The molecule has 0 atom stereocenters. The summed E-state index contributed by atoms with van der Waals surface area (Å²) in [5.41, 5.74) is 12.6. The fourth-order valence-electron chi connectivity index (χ4n) is 1.77. The highest BCUT2D eigenvalue weighted by atomic mass is 16.1. The molecule has 0 saturated heterocycles. The Balaban J connectivity index is 2.59. The number of carbonyl (C=O) groups is 1. The standard InChI is InChI=1S/C13H18N4O/c14-6-1-2-7-17(10-13(16)18)9-11-4-3-5-12(15)8-11/h3-5,8H,1-2,7,9-10,15H2,(H2,16,18). The molecule has 4 N–H and O–H groups in total. The summed E-state index contributed by atoms with van der Waals surface area (Å²) < 4.78 is 0. The van der Waals surface area contributed by atoms with Crippen molar-refractivity contribution in [3.8, 4) is 6.07 Å². The number of nitrogens with zero attached hydrogens (tertiary/aromatic N) is 2. The smallest absolute Gasteiger partial charge is 0.231 e. The van der Waals surface area contributed by atoms with Gasteiger partial charge >= 0.3 is 0 Å². The number of benzene rings is 1. The zero-order valence-corrected chi connectivity index (χ0v) is 10.3. The number of nitrogen functional groups attached to an aromatic ring is 1. The Hall–Kier alpha value is -2.06. The van der Waals surface area contributed by atoms with Crippen LogP contribution in [0.25, 0.3) is 0 Å². The van der Waals surface area contributed by atoms with E-state index in [0.717, 1.165) is 12.0 Å². The first-order valence-corrected chi connectivity index (χ1v) is 5.84. The van der Waals surface area contributed by atoms with Crippen LogP contribution in [0.4, 0.5) is 5.69 Å². The summed E-state index contributed by atoms with van der Waals surface area (Å²) in [6, 6.07) is 9.61. The Morgan fingerprint density at radius 3 is 2.83 bits per heavy atom. The maximum Gasteiger partial charge on any atom is 0.231 e. The maximum absolute atomic E-state index is 11.0. The third kappa shape index (κ3) is 5.32. The minimum atomic E-state index is -0.365. The summed E-state index contributed by atoms with van der Waals surface area (Å²) in [5.74, 6) is -0.365. The molecule has 18 heavy (non-hydrogen) atoms. The number of rotatable bonds is 7. The average molecular weight is 246 g/mol. The molecule has 5 nitrogen and oxygen atoms in total. The molecule has 1 amide bonds. The summed E-state index contributed by atoms with van der Waals surface area (Å²) in [6.07, 6.45) is 1.21. The van der Waals surface area contributed by atoms with Gasteiger partial charge in [-0.15, -0.1) is 0 Å². The van der Waals surface area contributed by atoms with Gasteiger partial charge in [-0.25, -0.2) is 0 Å². The van der Waals surface area contributed by atoms with Crippen LogP contribution in [0.5, 0.6) is 0 Å². The van der Waals surface area contributed by atoms with Gasteiger partial charge in [-0.1, -0.05) is 12.1 Å². The molecular formula is C13H18N4O. The summed E-state index contributed by atoms with van der Waals surface area (Å²) in [4.78, 5) is 12.9. The molecule has 0 bridgehead atoms. The van der Waals surface area contributed by atoms with E-state index in [2.05, 4.69) is 6.07 Å². The molecule has 0 aliphatic carbocycles. The van der Waals surface area contributed by atoms with Gasteiger partial charge in [0, 0.05) is 25.2 Å². The van der Waals surface area contributed by atoms with Gasteiger partial charge in [0.25, 0.3) is 0 Å². The molecule has 96 valence electrons. The second kappa shape index (κ2) is 7.30. The molecule has 0 aromatic heterocycles. The van der Waals surface area contributed by atoms with E-state index in [4.69, 9.17) is 16.7 Å². The van der Waals surface area contributed by atoms with E-state index in [1.54, 1.807) is 0 Å². The van der Waals surface area contributed by atoms with Crippen molar-refractivity contribution >= 4 is 11.6 Å². The van der Waals surface area contributed by atoms with Crippen molar-refractivity contribution in [2.75, 3.05) is 18.8 Å². The Labute approximate surface area is 107 Å². The van der Waals surface area contributed by atoms with E-state index < -0.39 is 0 Å². The monoisotopic (exact) mass is 246 g/mol. The maximum atomic E-state index is 11.0. The van der Waals surface area contributed by atoms with E-state index in [9.17, 15) is 4.79 Å². The van der Waals surface area contributed by atoms with Crippen molar-refractivity contribution in [2.24, 2.45) is 5.73 Å². The van der Waals surface area contributed by atoms with Gasteiger partial charge in [-0.2, -0.15) is 5.26 Å². The van der Waals surface area contributed by atoms with Crippen molar-refractivity contribution in [3.05, 3.63) is 29.8 Å². The van der Waals surface area contributed by atoms with E-state index in [0.29, 0.717) is 25.2 Å². The lowest BCUT2D eigenvalue weighted by Gasteiger charge is -2.20. The minimum Gasteiger partial charge on any atom is -0.399 e. The molecule has 0 aliphatic rings. The summed E-state index contributed by atoms with van der Waals surface area (Å²) >= 11 is 0. The number of amides is 1. The summed E-state index contributed by atoms with van der Waals surface area (Å²) in [6.45, 7) is 1.48. The highest BCUT2D eigenvalue weighted by Gasteiger charge is 2.09. The van der Waals surface area contributed by atoms with E-state index in [1.807, 2.05) is 29.2 Å². The molecule has 1 rings (SSSR count). The summed E-state index contributed by atoms with van der Waals surface area (Å²) in [5, 5.41) is 8.51. The van der Waals surface area contributed by atoms with Crippen molar-refractivity contribution in [1.29, 1.82) is 5.26 Å². The fourth-order valence-corrected chi connectivity index (χ4v) is 1.77. The van der Waals surface area contributed by atoms with Gasteiger partial charge in [0.05, 0.1) is 12.6 Å². The molecule has 0 heterocycles. The minimum absolute atomic E-state index is 0.195. The van der Waals surface area contributed by atoms with Crippen LogP contribution in [0.3, 0.4) is 0 Å². The van der Waals surface area contributed by atoms with Crippen LogP contribution in [0.15, 0.2) is 24.3 Å². The second-order valence-corrected chi connectivity index (χ2v) is 4.18. The Kier molecular flexibility index (Phi) is 5.68. The van der Waals surface area contributed by atoms with Crippen LogP contribution in [-0.4, -0.2) is 23.9 Å². The van der Waals surface area contributed by atoms with Crippen LogP contribution in [0.1, 0.15) is 18.4 Å². The average Bonchev–Trinajstić information content (AvgIpc) is 2.28. The number of hydrogen-bond donors (Lipinski definition) is 2. The first-order valence-electron chi connectivity index (χ1n) is 5.84. The fraction of sp³-hybridized carbons (Fsp3) is 0.385. The van der Waals surface area contributed by atoms with Gasteiger partial charge in [0.1, 0.15) is 0 Å². The van der Waals surface area contributed by atoms with Crippen LogP contribution in [0.2, 0.25) is 0 Å². The number of nitriles is 1. The zero-order chi connectivity index (χ0) is 13.4. The number of hydrogen-bond acceptors (Lipinski definition) is 4. The predicted molar refractivity (Wildman–Crippen MR) is 70.2 cm³/mol. The number of nitrogens with two attached hydrogens (primary N) is 2. The lowest BCUT2D eigenvalue weighted by molar-refractivity contribution is -0.119. The zero-order valence-electron chi connectivity index (χ0n) is 10.3. The topological polar surface area (TPSA) is 96.1 Å². The van der Waals surface area contributed by atoms with Crippen LogP contribution in [0, 0.1) is 11.3 Å². The first-order chi connectivity index (χ1) is 8.61. The van der Waals surface area contributed by atoms with Crippen LogP contribution >= 0.6 is 0 Å². The van der Waals surface area contributed by atoms with E-state index in [1.165, 1.54) is 0 Å². The lowest BCUT2D eigenvalue weighted by atomic mass is 10.2. The molecular weight excluding hydrogens is 228 g/mol. The summed E-state index contributed by atoms with van der Waals surface area (Å²) in [7, 11) is 0. The van der Waals surface area contributed by atoms with Crippen molar-refractivity contribution in [1.82, 2.24) is 4.90 Å². The van der Waals surface area contributed by atoms with Crippen LogP contribution < -0.4 is 11.5 Å². The van der Waals surface area contributed by atoms with Gasteiger partial charge in [0.15, 0.2) is 0 Å². The predicted octanol–water partition coefficient (Wildman–Crippen LogP) is 0.860. The molecule has 0 spiro atoms. The number of anilines is 1. The van der Waals surface area contributed by atoms with Crippen molar-refractivity contribution < 1.29 is 4.79 Å². The highest BCUT2D eigenvalue weighted by molar-refractivity contribution is 5.75. The molecule has 0 fully saturated rings. The van der Waals surface area contributed by atoms with Crippen molar-refractivity contribution in [3.63, 3.8) is 0 Å². The molecule has 0 aliphatic heterocycles. The van der Waals surface area contributed by atoms with Gasteiger partial charge in [0.2, 0.25) is 5.91 Å². The quantitative estimate of drug-likeness (QED) is 0.551. The molecule has 5 heteroatoms. The molecule has 1 aromatic carbocycles. The molecule has 1 aromatic rings. The van der Waals surface area contributed by atoms with Gasteiger partial charge in [-0.05, 0) is 24.1 Å². The van der Waals surface area contributed by atoms with Gasteiger partial charge in [-0.3, -0.25) is 9.69 Å². The third-order valence-electron chi connectivity index (χ3n) is 2.50. The normalized spacial score (nSPS) is 10.2. The van der Waals surface area contributed by atoms with E-state index in [-0.39, 0.29) is 12.5 Å². The first kappa shape index (κ1) is 14.0. The van der Waals surface area contributed by atoms with E-state index >= 15 is 0 Å². The number of primary amides is 1. The number of unbranched alkanes of at least 4 members (excludes halogenated alkanes) is 1. The van der Waals surface area contributed by atoms with Gasteiger partial charge < -0.3 is 11.5 Å². The number of carbonyl (C=O) groups excluding carboxylic acids is 1. The Morgan fingerprint density at radius 1 is 1.44 bits per heavy atom. The molecule has 0 unspecified atom stereocenters. The lowest BCUT2D eigenvalue weighted by Crippen LogP contribution is -2.34. The molecule has 0 radical (unpaired) electrons. The Morgan fingerprint density at radius 2 is 2.22 bits per heavy atom. The Bertz CT molecular complexity index is 439.